The minimum absolute atomic E-state index is 0.181. The number of carbonyl (C=O) groups excluding carboxylic acids is 1. The fraction of sp³-hybridized carbons (Fsp3) is 0.929. The maximum absolute atomic E-state index is 12.1. The molecule has 0 saturated carbocycles. The molecule has 0 N–H and O–H groups in total. The van der Waals surface area contributed by atoms with Crippen LogP contribution in [0.2, 0.25) is 47.7 Å². The van der Waals surface area contributed by atoms with Gasteiger partial charge in [-0.3, -0.25) is 0 Å². The van der Waals surface area contributed by atoms with E-state index in [1.165, 1.54) is 43.3 Å². The molecule has 2 nitrogen and oxygen atoms in total. The first-order valence-electron chi connectivity index (χ1n) is 7.37. The number of esters is 1. The maximum atomic E-state index is 12.1. The van der Waals surface area contributed by atoms with Crippen LogP contribution in [-0.2, 0) is 16.0 Å². The van der Waals surface area contributed by atoms with Crippen LogP contribution in [0.3, 0.4) is 0 Å². The Morgan fingerprint density at radius 1 is 1.06 bits per heavy atom. The van der Waals surface area contributed by atoms with Gasteiger partial charge in [-0.15, -0.1) is 0 Å². The van der Waals surface area contributed by atoms with Crippen LogP contribution in [0.25, 0.3) is 0 Å². The van der Waals surface area contributed by atoms with Crippen LogP contribution in [0.15, 0.2) is 0 Å². The predicted octanol–water partition coefficient (Wildman–Crippen LogP) is 3.70. The van der Waals surface area contributed by atoms with E-state index in [0.717, 1.165) is 10.7 Å². The molecule has 10 aliphatic heterocycles. The summed E-state index contributed by atoms with van der Waals surface area (Å²) >= 11 is 0. The SMILES string of the molecule is CCOC(=O)C[C]12[CH]3[CH]4[CH]5[CH]1[Fe]45321678[CH]2[CH]1[CH]6[CH]7[CH]28. The van der Waals surface area contributed by atoms with E-state index in [1.54, 1.807) is 0 Å². The molecule has 0 radical (unpaired) electrons. The van der Waals surface area contributed by atoms with Crippen LogP contribution in [0.1, 0.15) is 13.3 Å². The first kappa shape index (κ1) is 6.43. The molecular formula is C14H16FeO2. The Hall–Kier alpha value is -0.0105. The zero-order valence-corrected chi connectivity index (χ0v) is 10.9. The van der Waals surface area contributed by atoms with Crippen molar-refractivity contribution in [1.82, 2.24) is 0 Å². The summed E-state index contributed by atoms with van der Waals surface area (Å²) in [5, 5.41) is 0. The van der Waals surface area contributed by atoms with Crippen LogP contribution in [0, 0.1) is 0 Å². The molecule has 10 fully saturated rings. The normalized spacial score (nSPS) is 119. The number of fused-ring (bicyclic) bond motifs is 10. The van der Waals surface area contributed by atoms with Crippen molar-refractivity contribution in [3.63, 3.8) is 0 Å². The molecule has 0 amide bonds. The third kappa shape index (κ3) is 0.0641. The Labute approximate surface area is 89.7 Å². The van der Waals surface area contributed by atoms with Crippen molar-refractivity contribution in [2.45, 2.75) is 61.0 Å². The van der Waals surface area contributed by atoms with Crippen molar-refractivity contribution in [3.05, 3.63) is 0 Å². The molecule has 92 valence electrons. The Kier molecular flexibility index (Phi) is 0.193. The van der Waals surface area contributed by atoms with Crippen LogP contribution >= 0.6 is 0 Å². The molecule has 0 aromatic rings. The predicted molar refractivity (Wildman–Crippen MR) is 57.7 cm³/mol. The third-order valence-corrected chi connectivity index (χ3v) is 58.7. The summed E-state index contributed by atoms with van der Waals surface area (Å²) < 4.78 is 6.06. The zero-order chi connectivity index (χ0) is 10.7. The monoisotopic (exact) mass is 272 g/mol. The van der Waals surface area contributed by atoms with E-state index >= 15 is 0 Å². The summed E-state index contributed by atoms with van der Waals surface area (Å²) in [6, 6.07) is 0. The van der Waals surface area contributed by atoms with E-state index in [-0.39, 0.29) is 5.97 Å². The number of carbonyl (C=O) groups is 1. The second-order valence-corrected chi connectivity index (χ2v) is 34.5. The van der Waals surface area contributed by atoms with Crippen molar-refractivity contribution < 1.29 is 16.0 Å². The molecule has 17 heavy (non-hydrogen) atoms. The zero-order valence-electron chi connectivity index (χ0n) is 9.78. The van der Waals surface area contributed by atoms with Gasteiger partial charge < -0.3 is 0 Å². The van der Waals surface area contributed by atoms with Gasteiger partial charge in [0.2, 0.25) is 0 Å². The molecule has 4 atom stereocenters. The topological polar surface area (TPSA) is 26.3 Å². The molecule has 0 aromatic heterocycles. The summed E-state index contributed by atoms with van der Waals surface area (Å²) in [7, 11) is 0. The van der Waals surface area contributed by atoms with E-state index in [2.05, 4.69) is 0 Å². The molecule has 10 rings (SSSR count). The molecule has 10 aliphatic rings. The van der Waals surface area contributed by atoms with E-state index in [9.17, 15) is 4.79 Å². The van der Waals surface area contributed by atoms with Crippen LogP contribution in [0.4, 0.5) is 0 Å². The van der Waals surface area contributed by atoms with E-state index < -0.39 is 6.51 Å². The number of hydrogen-bond donors (Lipinski definition) is 0. The minimum atomic E-state index is -2.95. The van der Waals surface area contributed by atoms with E-state index in [4.69, 9.17) is 4.74 Å². The molecule has 0 aromatic carbocycles. The number of rotatable bonds is 3. The van der Waals surface area contributed by atoms with Crippen molar-refractivity contribution in [2.75, 3.05) is 6.61 Å². The molecule has 0 bridgehead atoms. The second-order valence-electron chi connectivity index (χ2n) is 10.8. The van der Waals surface area contributed by atoms with Crippen molar-refractivity contribution in [1.29, 1.82) is 0 Å². The first-order valence-corrected chi connectivity index (χ1v) is 13.7. The van der Waals surface area contributed by atoms with Crippen LogP contribution in [0.5, 0.6) is 0 Å². The summed E-state index contributed by atoms with van der Waals surface area (Å²) in [6.07, 6.45) is 0.911. The van der Waals surface area contributed by atoms with Crippen LogP contribution < -0.4 is 0 Å². The Balaban J connectivity index is 1.44. The average Bonchev–Trinajstić information content (AvgIpc) is 3.24. The fourth-order valence-corrected chi connectivity index (χ4v) is 92.4. The van der Waals surface area contributed by atoms with Crippen molar-refractivity contribution >= 4 is 5.97 Å². The molecule has 10 saturated heterocycles. The second kappa shape index (κ2) is 0.509. The van der Waals surface area contributed by atoms with Gasteiger partial charge in [0.15, 0.2) is 0 Å². The van der Waals surface area contributed by atoms with Gasteiger partial charge in [-0.1, -0.05) is 0 Å². The van der Waals surface area contributed by atoms with Crippen molar-refractivity contribution in [3.8, 4) is 0 Å². The van der Waals surface area contributed by atoms with Gasteiger partial charge in [0.25, 0.3) is 0 Å². The first-order chi connectivity index (χ1) is 8.00. The Morgan fingerprint density at radius 2 is 1.59 bits per heavy atom. The average molecular weight is 272 g/mol. The van der Waals surface area contributed by atoms with E-state index in [0.29, 0.717) is 6.61 Å². The Bertz CT molecular complexity index is 895. The molecular weight excluding hydrogens is 256 g/mol. The molecule has 10 heterocycles. The standard InChI is InChI=1S/C9H11O2.C5H5.Fe/c1-2-11-9(10)7-8-5-3-4-6-8;1-2-4-5-3-1;/h3-6H,2,7H2,1H3;1-5H;. The van der Waals surface area contributed by atoms with Gasteiger partial charge in [0, 0.05) is 0 Å². The molecule has 4 unspecified atom stereocenters. The Morgan fingerprint density at radius 3 is 1.88 bits per heavy atom. The quantitative estimate of drug-likeness (QED) is 0.578. The van der Waals surface area contributed by atoms with Gasteiger partial charge in [-0.05, 0) is 0 Å². The summed E-state index contributed by atoms with van der Waals surface area (Å²) in [4.78, 5) is 24.0. The van der Waals surface area contributed by atoms with Gasteiger partial charge in [-0.2, -0.15) is 0 Å². The summed E-state index contributed by atoms with van der Waals surface area (Å²) in [5.41, 5.74) is 0. The van der Waals surface area contributed by atoms with Gasteiger partial charge in [0.1, 0.15) is 0 Å². The fourth-order valence-electron chi connectivity index (χ4n) is 17.6. The number of hydrogen-bond acceptors (Lipinski definition) is 2. The number of ether oxygens (including phenoxy) is 1. The molecule has 0 aliphatic carbocycles. The third-order valence-electron chi connectivity index (χ3n) is 15.7. The van der Waals surface area contributed by atoms with Crippen LogP contribution in [-0.4, -0.2) is 12.6 Å². The van der Waals surface area contributed by atoms with E-state index in [1.807, 2.05) is 6.92 Å². The molecule has 1 spiro atoms. The summed E-state index contributed by atoms with van der Waals surface area (Å²) in [5.74, 6) is 0.181. The van der Waals surface area contributed by atoms with Gasteiger partial charge in [-0.25, -0.2) is 0 Å². The van der Waals surface area contributed by atoms with Gasteiger partial charge >= 0.3 is 89.6 Å². The van der Waals surface area contributed by atoms with Gasteiger partial charge in [0.05, 0.1) is 0 Å². The molecule has 3 heteroatoms. The summed E-state index contributed by atoms with van der Waals surface area (Å²) in [6.45, 7) is -0.401. The van der Waals surface area contributed by atoms with Crippen molar-refractivity contribution in [2.24, 2.45) is 0 Å².